The van der Waals surface area contributed by atoms with E-state index in [1.54, 1.807) is 6.26 Å². The number of fused-ring (bicyclic) bond motifs is 1. The monoisotopic (exact) mass is 480 g/mol. The third-order valence-corrected chi connectivity index (χ3v) is 8.04. The summed E-state index contributed by atoms with van der Waals surface area (Å²) < 4.78 is 11.3. The first-order valence-electron chi connectivity index (χ1n) is 10.9. The van der Waals surface area contributed by atoms with E-state index in [-0.39, 0.29) is 24.3 Å². The van der Waals surface area contributed by atoms with Gasteiger partial charge in [-0.05, 0) is 67.6 Å². The molecule has 0 radical (unpaired) electrons. The van der Waals surface area contributed by atoms with Crippen LogP contribution < -0.4 is 4.74 Å². The number of nitrogens with one attached hydrogen (secondary N) is 1. The number of hydrogen-bond acceptors (Lipinski definition) is 7. The van der Waals surface area contributed by atoms with E-state index in [0.29, 0.717) is 21.0 Å². The minimum atomic E-state index is -0.360. The number of amidine groups is 2. The van der Waals surface area contributed by atoms with Crippen LogP contribution in [0.3, 0.4) is 0 Å². The predicted octanol–water partition coefficient (Wildman–Crippen LogP) is 5.23. The molecule has 0 spiro atoms. The third kappa shape index (κ3) is 4.94. The zero-order chi connectivity index (χ0) is 22.8. The van der Waals surface area contributed by atoms with Crippen LogP contribution in [-0.2, 0) is 10.5 Å². The van der Waals surface area contributed by atoms with E-state index in [9.17, 15) is 4.79 Å². The second kappa shape index (κ2) is 9.61. The van der Waals surface area contributed by atoms with Crippen molar-refractivity contribution in [3.8, 4) is 5.75 Å². The predicted molar refractivity (Wildman–Crippen MR) is 133 cm³/mol. The van der Waals surface area contributed by atoms with Crippen LogP contribution in [0.25, 0.3) is 0 Å². The Bertz CT molecular complexity index is 1160. The average molecular weight is 481 g/mol. The maximum atomic E-state index is 12.7. The molecule has 33 heavy (non-hydrogen) atoms. The molecule has 2 aromatic rings. The first kappa shape index (κ1) is 22.0. The summed E-state index contributed by atoms with van der Waals surface area (Å²) in [7, 11) is 0. The SMILES string of the molecule is Cc1ccccc1OCC1=NN2C(=N)/C(=C\C3CCC(SCc4ccco4)C3)C(=O)N=C2S1. The van der Waals surface area contributed by atoms with Gasteiger partial charge in [-0.3, -0.25) is 10.2 Å². The molecule has 2 unspecified atom stereocenters. The molecule has 0 saturated heterocycles. The van der Waals surface area contributed by atoms with Crippen molar-refractivity contribution in [2.45, 2.75) is 37.2 Å². The van der Waals surface area contributed by atoms with Crippen LogP contribution >= 0.6 is 23.5 Å². The van der Waals surface area contributed by atoms with Crippen LogP contribution in [0.4, 0.5) is 0 Å². The summed E-state index contributed by atoms with van der Waals surface area (Å²) in [5.41, 5.74) is 1.38. The van der Waals surface area contributed by atoms with Crippen molar-refractivity contribution in [1.82, 2.24) is 5.01 Å². The summed E-state index contributed by atoms with van der Waals surface area (Å²) in [6.45, 7) is 2.25. The Labute approximate surface area is 200 Å². The first-order valence-corrected chi connectivity index (χ1v) is 12.7. The fourth-order valence-electron chi connectivity index (χ4n) is 4.07. The zero-order valence-corrected chi connectivity index (χ0v) is 19.8. The molecular formula is C24H24N4O3S2. The van der Waals surface area contributed by atoms with Gasteiger partial charge in [0.25, 0.3) is 5.91 Å². The smallest absolute Gasteiger partial charge is 0.282 e. The van der Waals surface area contributed by atoms with Gasteiger partial charge in [-0.2, -0.15) is 26.9 Å². The molecule has 7 nitrogen and oxygen atoms in total. The van der Waals surface area contributed by atoms with Gasteiger partial charge in [-0.25, -0.2) is 0 Å². The van der Waals surface area contributed by atoms with Gasteiger partial charge in [-0.1, -0.05) is 24.3 Å². The first-order chi connectivity index (χ1) is 16.1. The number of carbonyl (C=O) groups excluding carboxylic acids is 1. The van der Waals surface area contributed by atoms with E-state index >= 15 is 0 Å². The van der Waals surface area contributed by atoms with Crippen molar-refractivity contribution >= 4 is 45.5 Å². The van der Waals surface area contributed by atoms with Crippen LogP contribution in [0, 0.1) is 18.3 Å². The number of aliphatic imine (C=N–C) groups is 1. The van der Waals surface area contributed by atoms with Gasteiger partial charge in [0.2, 0.25) is 5.17 Å². The van der Waals surface area contributed by atoms with Gasteiger partial charge in [-0.15, -0.1) is 0 Å². The van der Waals surface area contributed by atoms with Gasteiger partial charge in [0, 0.05) is 5.25 Å². The number of rotatable bonds is 7. The summed E-state index contributed by atoms with van der Waals surface area (Å²) in [6, 6.07) is 11.7. The number of allylic oxidation sites excluding steroid dienone is 1. The number of benzene rings is 1. The fraction of sp³-hybridized carbons (Fsp3) is 0.333. The lowest BCUT2D eigenvalue weighted by Gasteiger charge is -2.21. The Morgan fingerprint density at radius 1 is 1.30 bits per heavy atom. The molecule has 1 aliphatic carbocycles. The van der Waals surface area contributed by atoms with Crippen molar-refractivity contribution < 1.29 is 13.9 Å². The molecule has 1 aromatic heterocycles. The Balaban J connectivity index is 1.21. The maximum absolute atomic E-state index is 12.7. The van der Waals surface area contributed by atoms with Crippen molar-refractivity contribution in [1.29, 1.82) is 5.41 Å². The highest BCUT2D eigenvalue weighted by molar-refractivity contribution is 8.27. The normalized spacial score (nSPS) is 23.7. The topological polar surface area (TPSA) is 91.2 Å². The van der Waals surface area contributed by atoms with Gasteiger partial charge in [0.15, 0.2) is 5.84 Å². The molecule has 1 amide bonds. The summed E-state index contributed by atoms with van der Waals surface area (Å²) in [5.74, 6) is 2.63. The van der Waals surface area contributed by atoms with E-state index < -0.39 is 0 Å². The van der Waals surface area contributed by atoms with Crippen LogP contribution in [0.5, 0.6) is 5.75 Å². The highest BCUT2D eigenvalue weighted by Gasteiger charge is 2.37. The molecular weight excluding hydrogens is 456 g/mol. The van der Waals surface area contributed by atoms with E-state index in [1.807, 2.05) is 61.2 Å². The summed E-state index contributed by atoms with van der Waals surface area (Å²) in [6.07, 6.45) is 6.71. The lowest BCUT2D eigenvalue weighted by atomic mass is 10.0. The number of nitrogens with zero attached hydrogens (tertiary/aromatic N) is 3. The minimum absolute atomic E-state index is 0.0927. The molecule has 0 bridgehead atoms. The number of carbonyl (C=O) groups is 1. The Morgan fingerprint density at radius 3 is 3.00 bits per heavy atom. The second-order valence-corrected chi connectivity index (χ2v) is 10.5. The number of amides is 1. The van der Waals surface area contributed by atoms with Crippen LogP contribution in [0.1, 0.15) is 30.6 Å². The highest BCUT2D eigenvalue weighted by atomic mass is 32.2. The number of furan rings is 1. The highest BCUT2D eigenvalue weighted by Crippen LogP contribution is 2.38. The summed E-state index contributed by atoms with van der Waals surface area (Å²) >= 11 is 3.17. The molecule has 1 fully saturated rings. The largest absolute Gasteiger partial charge is 0.486 e. The molecule has 1 aromatic carbocycles. The Kier molecular flexibility index (Phi) is 6.41. The van der Waals surface area contributed by atoms with E-state index in [2.05, 4.69) is 10.1 Å². The number of ether oxygens (including phenoxy) is 1. The lowest BCUT2D eigenvalue weighted by molar-refractivity contribution is -0.114. The molecule has 1 saturated carbocycles. The fourth-order valence-corrected chi connectivity index (χ4v) is 6.12. The Hall–Kier alpha value is -2.78. The summed E-state index contributed by atoms with van der Waals surface area (Å²) in [5, 5.41) is 16.2. The number of hydrazone groups is 1. The second-order valence-electron chi connectivity index (χ2n) is 8.18. The van der Waals surface area contributed by atoms with Crippen molar-refractivity contribution in [2.75, 3.05) is 6.61 Å². The van der Waals surface area contributed by atoms with Gasteiger partial charge in [0.1, 0.15) is 23.2 Å². The average Bonchev–Trinajstić information content (AvgIpc) is 3.56. The van der Waals surface area contributed by atoms with Crippen molar-refractivity contribution in [3.05, 3.63) is 65.6 Å². The Morgan fingerprint density at radius 2 is 2.18 bits per heavy atom. The standard InChI is InChI=1S/C24H24N4O3S2/c1-15-5-2-3-7-20(15)31-13-21-27-28-22(25)19(23(29)26-24(28)33-21)12-16-8-9-18(11-16)32-14-17-6-4-10-30-17/h2-7,10,12,16,18,25H,8-9,11,13-14H2,1H3/b19-12+,25-22?. The van der Waals surface area contributed by atoms with Crippen LogP contribution in [0.15, 0.2) is 68.8 Å². The minimum Gasteiger partial charge on any atom is -0.486 e. The van der Waals surface area contributed by atoms with Crippen LogP contribution in [-0.4, -0.2) is 38.8 Å². The molecule has 2 aliphatic heterocycles. The van der Waals surface area contributed by atoms with Gasteiger partial charge < -0.3 is 9.15 Å². The molecule has 3 aliphatic rings. The van der Waals surface area contributed by atoms with Gasteiger partial charge >= 0.3 is 0 Å². The number of aryl methyl sites for hydroxylation is 1. The lowest BCUT2D eigenvalue weighted by Crippen LogP contribution is -2.36. The zero-order valence-electron chi connectivity index (χ0n) is 18.2. The number of thioether (sulfide) groups is 2. The number of hydrogen-bond donors (Lipinski definition) is 1. The molecule has 9 heteroatoms. The van der Waals surface area contributed by atoms with E-state index in [1.165, 1.54) is 16.8 Å². The molecule has 5 rings (SSSR count). The van der Waals surface area contributed by atoms with E-state index in [4.69, 9.17) is 14.6 Å². The van der Waals surface area contributed by atoms with E-state index in [0.717, 1.165) is 42.1 Å². The molecule has 170 valence electrons. The summed E-state index contributed by atoms with van der Waals surface area (Å²) in [4.78, 5) is 16.9. The third-order valence-electron chi connectivity index (χ3n) is 5.81. The molecule has 2 atom stereocenters. The van der Waals surface area contributed by atoms with Gasteiger partial charge in [0.05, 0.1) is 17.6 Å². The van der Waals surface area contributed by atoms with Crippen molar-refractivity contribution in [3.63, 3.8) is 0 Å². The van der Waals surface area contributed by atoms with Crippen LogP contribution in [0.2, 0.25) is 0 Å². The maximum Gasteiger partial charge on any atom is 0.282 e. The molecule has 1 N–H and O–H groups in total. The number of para-hydroxylation sites is 1. The molecule has 3 heterocycles. The quantitative estimate of drug-likeness (QED) is 0.546. The van der Waals surface area contributed by atoms with Crippen molar-refractivity contribution in [2.24, 2.45) is 16.0 Å².